The third kappa shape index (κ3) is 3.75. The number of nitrogens with zero attached hydrogens (tertiary/aromatic N) is 1. The number of ether oxygens (including phenoxy) is 1. The van der Waals surface area contributed by atoms with Gasteiger partial charge < -0.3 is 15.0 Å². The molecule has 2 aliphatic heterocycles. The van der Waals surface area contributed by atoms with Crippen molar-refractivity contribution in [2.75, 3.05) is 19.7 Å². The predicted octanol–water partition coefficient (Wildman–Crippen LogP) is 3.49. The standard InChI is InChI=1S/C23H26N2O3/c1-16-6-2-3-7-18(16)23(27)25-13-10-17(11-14-25)22(26)24-20-12-15-28-21-9-5-4-8-19(20)21/h2-9,17,20H,10-15H2,1H3,(H,24,26)/t20-/m1/s1. The summed E-state index contributed by atoms with van der Waals surface area (Å²) < 4.78 is 5.68. The van der Waals surface area contributed by atoms with Crippen LogP contribution in [0.1, 0.15) is 46.8 Å². The molecule has 0 spiro atoms. The van der Waals surface area contributed by atoms with Crippen molar-refractivity contribution in [1.29, 1.82) is 0 Å². The third-order valence-electron chi connectivity index (χ3n) is 5.80. The number of fused-ring (bicyclic) bond motifs is 1. The van der Waals surface area contributed by atoms with Gasteiger partial charge in [0.1, 0.15) is 5.75 Å². The second-order valence-corrected chi connectivity index (χ2v) is 7.62. The molecular formula is C23H26N2O3. The van der Waals surface area contributed by atoms with Gasteiger partial charge in [0.15, 0.2) is 0 Å². The Morgan fingerprint density at radius 1 is 1.00 bits per heavy atom. The van der Waals surface area contributed by atoms with Crippen LogP contribution in [0.15, 0.2) is 48.5 Å². The van der Waals surface area contributed by atoms with Crippen LogP contribution in [0.3, 0.4) is 0 Å². The van der Waals surface area contributed by atoms with Crippen LogP contribution in [0.25, 0.3) is 0 Å². The molecule has 146 valence electrons. The van der Waals surface area contributed by atoms with Crippen molar-refractivity contribution in [2.45, 2.75) is 32.2 Å². The van der Waals surface area contributed by atoms with Gasteiger partial charge in [-0.25, -0.2) is 0 Å². The van der Waals surface area contributed by atoms with Gasteiger partial charge in [0.2, 0.25) is 5.91 Å². The Hall–Kier alpha value is -2.82. The molecule has 0 radical (unpaired) electrons. The molecule has 28 heavy (non-hydrogen) atoms. The molecule has 1 N–H and O–H groups in total. The van der Waals surface area contributed by atoms with Gasteiger partial charge in [-0.3, -0.25) is 9.59 Å². The first-order valence-corrected chi connectivity index (χ1v) is 10.0. The van der Waals surface area contributed by atoms with Crippen LogP contribution in [-0.4, -0.2) is 36.4 Å². The highest BCUT2D eigenvalue weighted by molar-refractivity contribution is 5.95. The molecule has 5 nitrogen and oxygen atoms in total. The largest absolute Gasteiger partial charge is 0.493 e. The molecule has 0 saturated carbocycles. The average molecular weight is 378 g/mol. The first-order chi connectivity index (χ1) is 13.6. The molecule has 1 fully saturated rings. The van der Waals surface area contributed by atoms with Crippen molar-refractivity contribution < 1.29 is 14.3 Å². The number of rotatable bonds is 3. The van der Waals surface area contributed by atoms with Crippen LogP contribution in [0.2, 0.25) is 0 Å². The van der Waals surface area contributed by atoms with Gasteiger partial charge >= 0.3 is 0 Å². The van der Waals surface area contributed by atoms with E-state index in [0.717, 1.165) is 28.9 Å². The molecule has 2 amide bonds. The van der Waals surface area contributed by atoms with Crippen molar-refractivity contribution in [2.24, 2.45) is 5.92 Å². The van der Waals surface area contributed by atoms with E-state index in [1.807, 2.05) is 60.4 Å². The van der Waals surface area contributed by atoms with E-state index >= 15 is 0 Å². The molecule has 0 aliphatic carbocycles. The van der Waals surface area contributed by atoms with Gasteiger partial charge in [0, 0.05) is 36.6 Å². The molecule has 2 aromatic rings. The number of piperidine rings is 1. The number of likely N-dealkylation sites (tertiary alicyclic amines) is 1. The number of aryl methyl sites for hydroxylation is 1. The van der Waals surface area contributed by atoms with Gasteiger partial charge in [0.25, 0.3) is 5.91 Å². The number of benzene rings is 2. The first-order valence-electron chi connectivity index (χ1n) is 10.0. The number of carbonyl (C=O) groups is 2. The van der Waals surface area contributed by atoms with E-state index < -0.39 is 0 Å². The third-order valence-corrected chi connectivity index (χ3v) is 5.80. The number of hydrogen-bond acceptors (Lipinski definition) is 3. The maximum Gasteiger partial charge on any atom is 0.254 e. The van der Waals surface area contributed by atoms with E-state index in [9.17, 15) is 9.59 Å². The second-order valence-electron chi connectivity index (χ2n) is 7.62. The molecule has 2 heterocycles. The lowest BCUT2D eigenvalue weighted by Crippen LogP contribution is -2.44. The van der Waals surface area contributed by atoms with Crippen LogP contribution in [0.4, 0.5) is 0 Å². The number of hydrogen-bond donors (Lipinski definition) is 1. The lowest BCUT2D eigenvalue weighted by Gasteiger charge is -2.33. The molecule has 0 unspecified atom stereocenters. The van der Waals surface area contributed by atoms with Crippen LogP contribution < -0.4 is 10.1 Å². The van der Waals surface area contributed by atoms with Crippen molar-refractivity contribution in [3.8, 4) is 5.75 Å². The van der Waals surface area contributed by atoms with Gasteiger partial charge in [-0.05, 0) is 37.5 Å². The topological polar surface area (TPSA) is 58.6 Å². The van der Waals surface area contributed by atoms with Crippen molar-refractivity contribution >= 4 is 11.8 Å². The summed E-state index contributed by atoms with van der Waals surface area (Å²) in [6, 6.07) is 15.6. The van der Waals surface area contributed by atoms with Crippen LogP contribution in [0, 0.1) is 12.8 Å². The van der Waals surface area contributed by atoms with Gasteiger partial charge in [-0.15, -0.1) is 0 Å². The van der Waals surface area contributed by atoms with Crippen molar-refractivity contribution in [3.63, 3.8) is 0 Å². The fourth-order valence-electron chi connectivity index (χ4n) is 4.11. The van der Waals surface area contributed by atoms with Crippen molar-refractivity contribution in [1.82, 2.24) is 10.2 Å². The second kappa shape index (κ2) is 8.05. The maximum absolute atomic E-state index is 12.8. The highest BCUT2D eigenvalue weighted by atomic mass is 16.5. The molecule has 2 aromatic carbocycles. The number of amides is 2. The molecule has 1 saturated heterocycles. The Morgan fingerprint density at radius 2 is 1.71 bits per heavy atom. The van der Waals surface area contributed by atoms with E-state index in [4.69, 9.17) is 4.74 Å². The number of carbonyl (C=O) groups excluding carboxylic acids is 2. The molecular weight excluding hydrogens is 352 g/mol. The summed E-state index contributed by atoms with van der Waals surface area (Å²) >= 11 is 0. The van der Waals surface area contributed by atoms with Crippen LogP contribution >= 0.6 is 0 Å². The molecule has 1 atom stereocenters. The lowest BCUT2D eigenvalue weighted by molar-refractivity contribution is -0.127. The van der Waals surface area contributed by atoms with E-state index in [1.165, 1.54) is 0 Å². The van der Waals surface area contributed by atoms with Crippen LogP contribution in [-0.2, 0) is 4.79 Å². The molecule has 0 aromatic heterocycles. The fourth-order valence-corrected chi connectivity index (χ4v) is 4.11. The normalized spacial score (nSPS) is 19.5. The molecule has 0 bridgehead atoms. The van der Waals surface area contributed by atoms with E-state index in [-0.39, 0.29) is 23.8 Å². The van der Waals surface area contributed by atoms with E-state index in [0.29, 0.717) is 32.5 Å². The summed E-state index contributed by atoms with van der Waals surface area (Å²) in [4.78, 5) is 27.5. The molecule has 5 heteroatoms. The first kappa shape index (κ1) is 18.5. The summed E-state index contributed by atoms with van der Waals surface area (Å²) in [6.45, 7) is 3.82. The Bertz CT molecular complexity index is 872. The molecule has 2 aliphatic rings. The lowest BCUT2D eigenvalue weighted by atomic mass is 9.93. The monoisotopic (exact) mass is 378 g/mol. The summed E-state index contributed by atoms with van der Waals surface area (Å²) in [5.41, 5.74) is 2.80. The Kier molecular flexibility index (Phi) is 5.33. The quantitative estimate of drug-likeness (QED) is 0.889. The zero-order valence-corrected chi connectivity index (χ0v) is 16.2. The van der Waals surface area contributed by atoms with Gasteiger partial charge in [-0.2, -0.15) is 0 Å². The van der Waals surface area contributed by atoms with E-state index in [1.54, 1.807) is 0 Å². The maximum atomic E-state index is 12.8. The summed E-state index contributed by atoms with van der Waals surface area (Å²) in [5, 5.41) is 3.21. The van der Waals surface area contributed by atoms with Gasteiger partial charge in [-0.1, -0.05) is 36.4 Å². The Balaban J connectivity index is 1.35. The highest BCUT2D eigenvalue weighted by Gasteiger charge is 2.30. The zero-order valence-electron chi connectivity index (χ0n) is 16.2. The minimum Gasteiger partial charge on any atom is -0.493 e. The van der Waals surface area contributed by atoms with E-state index in [2.05, 4.69) is 5.32 Å². The minimum atomic E-state index is -0.0454. The highest BCUT2D eigenvalue weighted by Crippen LogP contribution is 2.32. The summed E-state index contributed by atoms with van der Waals surface area (Å²) in [6.07, 6.45) is 2.19. The molecule has 4 rings (SSSR count). The average Bonchev–Trinajstić information content (AvgIpc) is 2.74. The number of para-hydroxylation sites is 1. The van der Waals surface area contributed by atoms with Gasteiger partial charge in [0.05, 0.1) is 12.6 Å². The predicted molar refractivity (Wildman–Crippen MR) is 107 cm³/mol. The fraction of sp³-hybridized carbons (Fsp3) is 0.391. The minimum absolute atomic E-state index is 0.00378. The van der Waals surface area contributed by atoms with Crippen LogP contribution in [0.5, 0.6) is 5.75 Å². The number of nitrogens with one attached hydrogen (secondary N) is 1. The Labute approximate surface area is 165 Å². The SMILES string of the molecule is Cc1ccccc1C(=O)N1CCC(C(=O)N[C@@H]2CCOc3ccccc32)CC1. The Morgan fingerprint density at radius 3 is 2.50 bits per heavy atom. The zero-order chi connectivity index (χ0) is 19.5. The van der Waals surface area contributed by atoms with Crippen molar-refractivity contribution in [3.05, 3.63) is 65.2 Å². The smallest absolute Gasteiger partial charge is 0.254 e. The summed E-state index contributed by atoms with van der Waals surface area (Å²) in [7, 11) is 0. The summed E-state index contributed by atoms with van der Waals surface area (Å²) in [5.74, 6) is 0.966.